The Hall–Kier alpha value is -4.08. The lowest BCUT2D eigenvalue weighted by Gasteiger charge is -2.34. The molecule has 0 saturated carbocycles. The number of amides is 2. The van der Waals surface area contributed by atoms with Crippen LogP contribution >= 0.6 is 0 Å². The molecule has 4 aromatic rings. The third-order valence-corrected chi connectivity index (χ3v) is 6.21. The van der Waals surface area contributed by atoms with E-state index in [1.54, 1.807) is 19.2 Å². The van der Waals surface area contributed by atoms with Crippen LogP contribution in [0.3, 0.4) is 0 Å². The van der Waals surface area contributed by atoms with Crippen molar-refractivity contribution in [2.24, 2.45) is 0 Å². The van der Waals surface area contributed by atoms with E-state index in [4.69, 9.17) is 9.47 Å². The standard InChI is InChI=1S/C26H30N6O4/c1-19(15-31-17-21-7-3-5-9-23(21)27-31)35-25(33)29-11-13-30(14-12-29)26(34)36-20(2)16-32-18-22-8-4-6-10-24(22)28-32/h3-10,17-20H,11-16H2,1-2H3/t19-,20-/m1/s1. The highest BCUT2D eigenvalue weighted by Crippen LogP contribution is 2.14. The van der Waals surface area contributed by atoms with Crippen LogP contribution in [0.1, 0.15) is 13.8 Å². The fourth-order valence-electron chi connectivity index (χ4n) is 4.38. The molecule has 10 heteroatoms. The third-order valence-electron chi connectivity index (χ3n) is 6.21. The van der Waals surface area contributed by atoms with Crippen molar-refractivity contribution in [3.63, 3.8) is 0 Å². The van der Waals surface area contributed by atoms with E-state index in [9.17, 15) is 9.59 Å². The molecule has 1 saturated heterocycles. The summed E-state index contributed by atoms with van der Waals surface area (Å²) in [6, 6.07) is 15.7. The molecule has 1 aliphatic rings. The second-order valence-corrected chi connectivity index (χ2v) is 9.18. The van der Waals surface area contributed by atoms with E-state index in [0.29, 0.717) is 39.3 Å². The van der Waals surface area contributed by atoms with E-state index in [2.05, 4.69) is 10.2 Å². The monoisotopic (exact) mass is 490 g/mol. The van der Waals surface area contributed by atoms with Gasteiger partial charge in [0.15, 0.2) is 0 Å². The second-order valence-electron chi connectivity index (χ2n) is 9.18. The zero-order chi connectivity index (χ0) is 25.1. The van der Waals surface area contributed by atoms with Crippen molar-refractivity contribution in [3.8, 4) is 0 Å². The van der Waals surface area contributed by atoms with Gasteiger partial charge in [-0.05, 0) is 26.0 Å². The molecule has 0 bridgehead atoms. The fraction of sp³-hybridized carbons (Fsp3) is 0.385. The number of carbonyl (C=O) groups excluding carboxylic acids is 2. The number of fused-ring (bicyclic) bond motifs is 2. The molecule has 0 unspecified atom stereocenters. The molecule has 1 aliphatic heterocycles. The van der Waals surface area contributed by atoms with Gasteiger partial charge >= 0.3 is 12.2 Å². The molecule has 2 amide bonds. The molecular formula is C26H30N6O4. The highest BCUT2D eigenvalue weighted by Gasteiger charge is 2.27. The zero-order valence-corrected chi connectivity index (χ0v) is 20.5. The lowest BCUT2D eigenvalue weighted by Crippen LogP contribution is -2.51. The third kappa shape index (κ3) is 5.42. The summed E-state index contributed by atoms with van der Waals surface area (Å²) in [5.41, 5.74) is 1.82. The maximum absolute atomic E-state index is 12.6. The summed E-state index contributed by atoms with van der Waals surface area (Å²) >= 11 is 0. The Bertz CT molecular complexity index is 1190. The number of benzene rings is 2. The van der Waals surface area contributed by atoms with Crippen molar-refractivity contribution in [2.75, 3.05) is 26.2 Å². The zero-order valence-electron chi connectivity index (χ0n) is 20.5. The molecule has 0 N–H and O–H groups in total. The summed E-state index contributed by atoms with van der Waals surface area (Å²) in [4.78, 5) is 28.5. The van der Waals surface area contributed by atoms with E-state index in [1.165, 1.54) is 0 Å². The van der Waals surface area contributed by atoms with Crippen molar-refractivity contribution >= 4 is 34.0 Å². The molecule has 5 rings (SSSR count). The van der Waals surface area contributed by atoms with Gasteiger partial charge in [-0.3, -0.25) is 9.36 Å². The first-order valence-corrected chi connectivity index (χ1v) is 12.2. The number of carbonyl (C=O) groups is 2. The van der Waals surface area contributed by atoms with Crippen molar-refractivity contribution in [1.29, 1.82) is 0 Å². The van der Waals surface area contributed by atoms with Crippen LogP contribution in [0.2, 0.25) is 0 Å². The Morgan fingerprint density at radius 2 is 1.11 bits per heavy atom. The first-order valence-electron chi connectivity index (χ1n) is 12.2. The normalized spacial score (nSPS) is 15.7. The summed E-state index contributed by atoms with van der Waals surface area (Å²) in [6.07, 6.45) is 2.45. The topological polar surface area (TPSA) is 94.7 Å². The fourth-order valence-corrected chi connectivity index (χ4v) is 4.38. The van der Waals surface area contributed by atoms with Gasteiger partial charge in [0.25, 0.3) is 0 Å². The molecule has 2 aromatic heterocycles. The molecule has 0 spiro atoms. The Balaban J connectivity index is 1.06. The first kappa shape index (κ1) is 23.7. The van der Waals surface area contributed by atoms with Gasteiger partial charge in [-0.1, -0.05) is 36.4 Å². The van der Waals surface area contributed by atoms with Crippen LogP contribution in [0.25, 0.3) is 21.8 Å². The molecule has 2 atom stereocenters. The lowest BCUT2D eigenvalue weighted by atomic mass is 10.3. The van der Waals surface area contributed by atoms with Crippen LogP contribution in [0.5, 0.6) is 0 Å². The van der Waals surface area contributed by atoms with Gasteiger partial charge in [-0.25, -0.2) is 9.59 Å². The van der Waals surface area contributed by atoms with Gasteiger partial charge in [0.1, 0.15) is 12.2 Å². The van der Waals surface area contributed by atoms with Gasteiger partial charge in [0, 0.05) is 49.3 Å². The second kappa shape index (κ2) is 10.3. The van der Waals surface area contributed by atoms with Gasteiger partial charge in [0.05, 0.1) is 24.1 Å². The van der Waals surface area contributed by atoms with E-state index < -0.39 is 0 Å². The molecule has 1 fully saturated rings. The molecule has 10 nitrogen and oxygen atoms in total. The number of hydrogen-bond donors (Lipinski definition) is 0. The minimum atomic E-state index is -0.383. The van der Waals surface area contributed by atoms with Crippen LogP contribution in [0.15, 0.2) is 60.9 Å². The summed E-state index contributed by atoms with van der Waals surface area (Å²) < 4.78 is 14.8. The molecule has 2 aromatic carbocycles. The van der Waals surface area contributed by atoms with E-state index >= 15 is 0 Å². The molecule has 36 heavy (non-hydrogen) atoms. The quantitative estimate of drug-likeness (QED) is 0.409. The maximum atomic E-state index is 12.6. The number of piperazine rings is 1. The predicted octanol–water partition coefficient (Wildman–Crippen LogP) is 3.75. The minimum absolute atomic E-state index is 0.338. The SMILES string of the molecule is C[C@H](Cn1cc2ccccc2n1)OC(=O)N1CCN(C(=O)O[C@H](C)Cn2cc3ccccc3n2)CC1. The van der Waals surface area contributed by atoms with Gasteiger partial charge in [-0.2, -0.15) is 10.2 Å². The number of nitrogens with zero attached hydrogens (tertiary/aromatic N) is 6. The molecule has 0 radical (unpaired) electrons. The molecule has 188 valence electrons. The minimum Gasteiger partial charge on any atom is -0.444 e. The number of ether oxygens (including phenoxy) is 2. The van der Waals surface area contributed by atoms with E-state index in [0.717, 1.165) is 21.8 Å². The average molecular weight is 491 g/mol. The Kier molecular flexibility index (Phi) is 6.75. The summed E-state index contributed by atoms with van der Waals surface area (Å²) in [5.74, 6) is 0. The van der Waals surface area contributed by atoms with Crippen molar-refractivity contribution in [2.45, 2.75) is 39.1 Å². The number of aromatic nitrogens is 4. The summed E-state index contributed by atoms with van der Waals surface area (Å²) in [6.45, 7) is 6.21. The van der Waals surface area contributed by atoms with Crippen LogP contribution < -0.4 is 0 Å². The summed E-state index contributed by atoms with van der Waals surface area (Å²) in [5, 5.41) is 11.1. The molecule has 0 aliphatic carbocycles. The molecule has 3 heterocycles. The van der Waals surface area contributed by atoms with Crippen LogP contribution in [-0.4, -0.2) is 79.9 Å². The Labute approximate surface area is 209 Å². The van der Waals surface area contributed by atoms with Gasteiger partial charge in [0.2, 0.25) is 0 Å². The van der Waals surface area contributed by atoms with Crippen LogP contribution in [-0.2, 0) is 22.6 Å². The van der Waals surface area contributed by atoms with E-state index in [1.807, 2.05) is 74.8 Å². The van der Waals surface area contributed by atoms with Crippen molar-refractivity contribution in [1.82, 2.24) is 29.4 Å². The predicted molar refractivity (Wildman–Crippen MR) is 134 cm³/mol. The average Bonchev–Trinajstić information content (AvgIpc) is 3.46. The van der Waals surface area contributed by atoms with Crippen LogP contribution in [0, 0.1) is 0 Å². The highest BCUT2D eigenvalue weighted by molar-refractivity contribution is 5.78. The number of hydrogen-bond acceptors (Lipinski definition) is 6. The van der Waals surface area contributed by atoms with Crippen LogP contribution in [0.4, 0.5) is 9.59 Å². The van der Waals surface area contributed by atoms with E-state index in [-0.39, 0.29) is 24.4 Å². The lowest BCUT2D eigenvalue weighted by molar-refractivity contribution is 0.0295. The first-order chi connectivity index (χ1) is 17.4. The van der Waals surface area contributed by atoms with Gasteiger partial charge in [-0.15, -0.1) is 0 Å². The number of rotatable bonds is 6. The summed E-state index contributed by atoms with van der Waals surface area (Å²) in [7, 11) is 0. The highest BCUT2D eigenvalue weighted by atomic mass is 16.6. The van der Waals surface area contributed by atoms with Crippen molar-refractivity contribution < 1.29 is 19.1 Å². The smallest absolute Gasteiger partial charge is 0.410 e. The molecular weight excluding hydrogens is 460 g/mol. The maximum Gasteiger partial charge on any atom is 0.410 e. The Morgan fingerprint density at radius 3 is 1.50 bits per heavy atom. The van der Waals surface area contributed by atoms with Crippen molar-refractivity contribution in [3.05, 3.63) is 60.9 Å². The largest absolute Gasteiger partial charge is 0.444 e. The Morgan fingerprint density at radius 1 is 0.722 bits per heavy atom. The van der Waals surface area contributed by atoms with Gasteiger partial charge < -0.3 is 19.3 Å².